The van der Waals surface area contributed by atoms with Crippen molar-refractivity contribution in [2.24, 2.45) is 0 Å². The van der Waals surface area contributed by atoms with Gasteiger partial charge in [0, 0.05) is 0 Å². The Kier molecular flexibility index (Phi) is 5.30. The minimum atomic E-state index is -2.87. The maximum atomic E-state index is 11.8. The molecule has 0 spiro atoms. The van der Waals surface area contributed by atoms with Crippen LogP contribution in [0.2, 0.25) is 0 Å². The molecule has 28 heavy (non-hydrogen) atoms. The number of anilines is 1. The zero-order valence-electron chi connectivity index (χ0n) is 15.1. The SMILES string of the molecule is CC1(C)O[C@@H]2[C@H](O1)[C@@H](CO[PH](=O)C[PH](=O)O)O[C@H]2n1cnc2c(N)ncnc21. The van der Waals surface area contributed by atoms with Crippen LogP contribution in [-0.2, 0) is 27.9 Å². The first kappa shape index (κ1) is 19.9. The van der Waals surface area contributed by atoms with Gasteiger partial charge in [-0.15, -0.1) is 0 Å². The van der Waals surface area contributed by atoms with Crippen molar-refractivity contribution in [1.29, 1.82) is 0 Å². The van der Waals surface area contributed by atoms with Crippen molar-refractivity contribution >= 4 is 33.0 Å². The van der Waals surface area contributed by atoms with Gasteiger partial charge in [-0.25, -0.2) is 15.0 Å². The van der Waals surface area contributed by atoms with Gasteiger partial charge in [-0.3, -0.25) is 13.7 Å². The molecule has 0 bridgehead atoms. The monoisotopic (exact) mass is 433 g/mol. The average Bonchev–Trinajstić information content (AvgIpc) is 3.24. The Morgan fingerprint density at radius 2 is 2.04 bits per heavy atom. The molecule has 14 heteroatoms. The van der Waals surface area contributed by atoms with E-state index in [1.54, 1.807) is 18.4 Å². The van der Waals surface area contributed by atoms with E-state index in [-0.39, 0.29) is 18.3 Å². The van der Waals surface area contributed by atoms with Crippen molar-refractivity contribution in [1.82, 2.24) is 19.5 Å². The molecule has 0 amide bonds. The molecule has 2 saturated heterocycles. The van der Waals surface area contributed by atoms with Crippen molar-refractivity contribution in [3.63, 3.8) is 0 Å². The summed E-state index contributed by atoms with van der Waals surface area (Å²) >= 11 is 0. The van der Waals surface area contributed by atoms with E-state index < -0.39 is 46.4 Å². The Hall–Kier alpha value is -1.39. The maximum Gasteiger partial charge on any atom is 0.200 e. The summed E-state index contributed by atoms with van der Waals surface area (Å²) in [7, 11) is -5.51. The van der Waals surface area contributed by atoms with Gasteiger partial charge in [-0.1, -0.05) is 0 Å². The molecule has 4 rings (SSSR count). The number of nitrogen functional groups attached to an aromatic ring is 1. The zero-order valence-corrected chi connectivity index (χ0v) is 17.1. The summed E-state index contributed by atoms with van der Waals surface area (Å²) in [5.74, 6) is -0.952. The zero-order chi connectivity index (χ0) is 20.1. The van der Waals surface area contributed by atoms with Crippen LogP contribution in [0, 0.1) is 0 Å². The van der Waals surface area contributed by atoms with Gasteiger partial charge >= 0.3 is 0 Å². The van der Waals surface area contributed by atoms with Crippen molar-refractivity contribution in [3.8, 4) is 0 Å². The Bertz CT molecular complexity index is 938. The van der Waals surface area contributed by atoms with E-state index >= 15 is 0 Å². The molecular formula is C14H21N5O7P2. The Morgan fingerprint density at radius 3 is 2.79 bits per heavy atom. The number of ether oxygens (including phenoxy) is 3. The molecule has 2 aliphatic heterocycles. The highest BCUT2D eigenvalue weighted by molar-refractivity contribution is 7.56. The van der Waals surface area contributed by atoms with Crippen LogP contribution in [-0.4, -0.2) is 61.0 Å². The number of rotatable bonds is 6. The Balaban J connectivity index is 1.59. The smallest absolute Gasteiger partial charge is 0.200 e. The fraction of sp³-hybridized carbons (Fsp3) is 0.643. The third kappa shape index (κ3) is 3.73. The number of imidazole rings is 1. The summed E-state index contributed by atoms with van der Waals surface area (Å²) in [4.78, 5) is 21.3. The third-order valence-corrected chi connectivity index (χ3v) is 7.34. The Morgan fingerprint density at radius 1 is 1.29 bits per heavy atom. The quantitative estimate of drug-likeness (QED) is 0.618. The van der Waals surface area contributed by atoms with E-state index in [4.69, 9.17) is 29.4 Å². The maximum absolute atomic E-state index is 11.8. The van der Waals surface area contributed by atoms with Crippen molar-refractivity contribution in [2.45, 2.75) is 44.2 Å². The summed E-state index contributed by atoms with van der Waals surface area (Å²) < 4.78 is 47.6. The molecule has 154 valence electrons. The summed E-state index contributed by atoms with van der Waals surface area (Å²) in [6.07, 6.45) is 0.675. The first-order valence-corrected chi connectivity index (χ1v) is 11.7. The minimum Gasteiger partial charge on any atom is -0.382 e. The summed E-state index contributed by atoms with van der Waals surface area (Å²) in [5, 5.41) is 0. The molecule has 2 aliphatic rings. The standard InChI is InChI=1S/C14H21N5O7P2/c1-14(2)25-9-7(3-23-28(22)6-27(20)21)24-13(10(9)26-14)19-5-18-8-11(15)16-4-17-12(8)19/h4-5,7,9-10,13,27-28H,3,6H2,1-2H3,(H,20,21)(H2,15,16,17)/t7-,9-,10-,13-/m1/s1. The Labute approximate surface area is 161 Å². The number of nitrogens with two attached hydrogens (primary N) is 1. The number of nitrogens with zero attached hydrogens (tertiary/aromatic N) is 4. The lowest BCUT2D eigenvalue weighted by atomic mass is 10.1. The van der Waals surface area contributed by atoms with E-state index in [1.807, 2.05) is 0 Å². The van der Waals surface area contributed by atoms with E-state index in [0.29, 0.717) is 11.2 Å². The van der Waals surface area contributed by atoms with Crippen LogP contribution < -0.4 is 5.73 Å². The van der Waals surface area contributed by atoms with Crippen LogP contribution >= 0.6 is 16.1 Å². The van der Waals surface area contributed by atoms with Gasteiger partial charge in [0.25, 0.3) is 0 Å². The van der Waals surface area contributed by atoms with Crippen LogP contribution in [0.4, 0.5) is 5.82 Å². The molecule has 2 aromatic heterocycles. The van der Waals surface area contributed by atoms with Gasteiger partial charge in [0.15, 0.2) is 31.5 Å². The lowest BCUT2D eigenvalue weighted by molar-refractivity contribution is -0.198. The highest BCUT2D eigenvalue weighted by Gasteiger charge is 2.56. The van der Waals surface area contributed by atoms with Gasteiger partial charge in [-0.05, 0) is 13.8 Å². The van der Waals surface area contributed by atoms with E-state index in [1.165, 1.54) is 12.7 Å². The molecule has 2 fully saturated rings. The number of fused-ring (bicyclic) bond motifs is 2. The highest BCUT2D eigenvalue weighted by Crippen LogP contribution is 2.45. The summed E-state index contributed by atoms with van der Waals surface area (Å²) in [5.41, 5.74) is 6.78. The second kappa shape index (κ2) is 7.46. The van der Waals surface area contributed by atoms with Crippen LogP contribution in [0.5, 0.6) is 0 Å². The molecule has 0 aliphatic carbocycles. The number of aromatic nitrogens is 4. The number of hydrogen-bond donors (Lipinski definition) is 2. The molecule has 6 atom stereocenters. The molecule has 0 radical (unpaired) electrons. The molecular weight excluding hydrogens is 412 g/mol. The lowest BCUT2D eigenvalue weighted by Crippen LogP contribution is -2.32. The predicted molar refractivity (Wildman–Crippen MR) is 98.5 cm³/mol. The largest absolute Gasteiger partial charge is 0.382 e. The molecule has 12 nitrogen and oxygen atoms in total. The second-order valence-corrected chi connectivity index (χ2v) is 10.2. The predicted octanol–water partition coefficient (Wildman–Crippen LogP) is 0.742. The first-order valence-electron chi connectivity index (χ1n) is 8.57. The van der Waals surface area contributed by atoms with Crippen LogP contribution in [0.1, 0.15) is 20.1 Å². The normalized spacial score (nSPS) is 31.1. The highest BCUT2D eigenvalue weighted by atomic mass is 31.2. The molecule has 0 saturated carbocycles. The van der Waals surface area contributed by atoms with E-state index in [2.05, 4.69) is 15.0 Å². The van der Waals surface area contributed by atoms with Crippen LogP contribution in [0.15, 0.2) is 12.7 Å². The summed E-state index contributed by atoms with van der Waals surface area (Å²) in [6.45, 7) is 3.51. The van der Waals surface area contributed by atoms with Gasteiger partial charge in [0.05, 0.1) is 18.8 Å². The molecule has 2 aromatic rings. The van der Waals surface area contributed by atoms with Crippen LogP contribution in [0.3, 0.4) is 0 Å². The second-order valence-electron chi connectivity index (χ2n) is 6.97. The van der Waals surface area contributed by atoms with E-state index in [0.717, 1.165) is 0 Å². The minimum absolute atomic E-state index is 0.0617. The van der Waals surface area contributed by atoms with Gasteiger partial charge in [0.1, 0.15) is 30.2 Å². The van der Waals surface area contributed by atoms with Crippen molar-refractivity contribution in [2.75, 3.05) is 18.2 Å². The lowest BCUT2D eigenvalue weighted by Gasteiger charge is -2.24. The first-order chi connectivity index (χ1) is 13.2. The van der Waals surface area contributed by atoms with Crippen molar-refractivity contribution in [3.05, 3.63) is 12.7 Å². The summed E-state index contributed by atoms with van der Waals surface area (Å²) in [6, 6.07) is 0. The molecule has 0 aromatic carbocycles. The molecule has 3 N–H and O–H groups in total. The van der Waals surface area contributed by atoms with Gasteiger partial charge in [0.2, 0.25) is 8.03 Å². The molecule has 2 unspecified atom stereocenters. The fourth-order valence-electron chi connectivity index (χ4n) is 3.42. The average molecular weight is 433 g/mol. The molecule has 4 heterocycles. The van der Waals surface area contributed by atoms with Gasteiger partial charge in [-0.2, -0.15) is 0 Å². The van der Waals surface area contributed by atoms with Crippen LogP contribution in [0.25, 0.3) is 11.2 Å². The third-order valence-electron chi connectivity index (χ3n) is 4.49. The van der Waals surface area contributed by atoms with E-state index in [9.17, 15) is 9.13 Å². The topological polar surface area (TPSA) is 161 Å². The number of hydrogen-bond acceptors (Lipinski definition) is 10. The fourth-order valence-corrected chi connectivity index (χ4v) is 5.17. The van der Waals surface area contributed by atoms with Crippen molar-refractivity contribution < 1.29 is 32.8 Å². The van der Waals surface area contributed by atoms with Gasteiger partial charge < -0.3 is 29.4 Å².